The van der Waals surface area contributed by atoms with Crippen LogP contribution in [0.4, 0.5) is 0 Å². The van der Waals surface area contributed by atoms with Crippen LogP contribution in [0.1, 0.15) is 5.56 Å². The molecule has 1 saturated heterocycles. The third-order valence-corrected chi connectivity index (χ3v) is 3.95. The molecular formula is C13H17ClN2OS. The summed E-state index contributed by atoms with van der Waals surface area (Å²) >= 11 is 11.3. The van der Waals surface area contributed by atoms with Gasteiger partial charge in [-0.05, 0) is 23.8 Å². The van der Waals surface area contributed by atoms with Crippen LogP contribution in [0.3, 0.4) is 0 Å². The molecule has 0 spiro atoms. The van der Waals surface area contributed by atoms with Crippen LogP contribution < -0.4 is 0 Å². The Morgan fingerprint density at radius 1 is 1.28 bits per heavy atom. The molecule has 0 saturated carbocycles. The van der Waals surface area contributed by atoms with Crippen LogP contribution in [0, 0.1) is 0 Å². The second-order valence-electron chi connectivity index (χ2n) is 4.32. The van der Waals surface area contributed by atoms with E-state index >= 15 is 0 Å². The largest absolute Gasteiger partial charge is 0.474 e. The van der Waals surface area contributed by atoms with E-state index in [1.54, 1.807) is 7.11 Å². The molecule has 98 valence electrons. The zero-order chi connectivity index (χ0) is 13.0. The minimum atomic E-state index is 0.590. The first kappa shape index (κ1) is 13.6. The third-order valence-electron chi connectivity index (χ3n) is 3.16. The predicted molar refractivity (Wildman–Crippen MR) is 77.9 cm³/mol. The molecule has 3 nitrogen and oxygen atoms in total. The quantitative estimate of drug-likeness (QED) is 0.775. The zero-order valence-corrected chi connectivity index (χ0v) is 12.0. The highest BCUT2D eigenvalue weighted by Gasteiger charge is 2.19. The number of hydrogen-bond acceptors (Lipinski definition) is 3. The van der Waals surface area contributed by atoms with Crippen molar-refractivity contribution in [3.05, 3.63) is 34.9 Å². The van der Waals surface area contributed by atoms with Crippen molar-refractivity contribution in [1.29, 1.82) is 0 Å². The van der Waals surface area contributed by atoms with Gasteiger partial charge in [-0.1, -0.05) is 29.8 Å². The van der Waals surface area contributed by atoms with Gasteiger partial charge in [0.15, 0.2) is 0 Å². The van der Waals surface area contributed by atoms with Crippen LogP contribution in [-0.4, -0.2) is 48.3 Å². The SMILES string of the molecule is COC(=S)N1CCN(Cc2ccccc2Cl)CC1. The van der Waals surface area contributed by atoms with Gasteiger partial charge >= 0.3 is 0 Å². The molecule has 0 amide bonds. The first-order valence-electron chi connectivity index (χ1n) is 5.99. The Labute approximate surface area is 118 Å². The van der Waals surface area contributed by atoms with Gasteiger partial charge in [-0.2, -0.15) is 0 Å². The molecule has 1 fully saturated rings. The zero-order valence-electron chi connectivity index (χ0n) is 10.4. The number of rotatable bonds is 2. The topological polar surface area (TPSA) is 15.7 Å². The Morgan fingerprint density at radius 2 is 1.94 bits per heavy atom. The van der Waals surface area contributed by atoms with Crippen LogP contribution in [0.25, 0.3) is 0 Å². The van der Waals surface area contributed by atoms with Crippen molar-refractivity contribution in [2.45, 2.75) is 6.54 Å². The molecule has 0 aromatic heterocycles. The van der Waals surface area contributed by atoms with E-state index < -0.39 is 0 Å². The lowest BCUT2D eigenvalue weighted by Gasteiger charge is -2.35. The molecule has 0 atom stereocenters. The summed E-state index contributed by atoms with van der Waals surface area (Å²) < 4.78 is 5.08. The molecule has 1 aromatic rings. The lowest BCUT2D eigenvalue weighted by molar-refractivity contribution is 0.157. The first-order valence-corrected chi connectivity index (χ1v) is 6.78. The fourth-order valence-electron chi connectivity index (χ4n) is 2.09. The molecule has 0 N–H and O–H groups in total. The van der Waals surface area contributed by atoms with E-state index in [9.17, 15) is 0 Å². The summed E-state index contributed by atoms with van der Waals surface area (Å²) in [6.07, 6.45) is 0. The fourth-order valence-corrected chi connectivity index (χ4v) is 2.46. The van der Waals surface area contributed by atoms with Gasteiger partial charge in [-0.25, -0.2) is 0 Å². The van der Waals surface area contributed by atoms with Gasteiger partial charge in [0, 0.05) is 37.7 Å². The van der Waals surface area contributed by atoms with E-state index in [0.29, 0.717) is 5.17 Å². The minimum Gasteiger partial charge on any atom is -0.474 e. The van der Waals surface area contributed by atoms with E-state index in [0.717, 1.165) is 37.7 Å². The molecule has 1 aliphatic rings. The average Bonchev–Trinajstić information content (AvgIpc) is 2.41. The van der Waals surface area contributed by atoms with E-state index in [4.69, 9.17) is 28.6 Å². The summed E-state index contributed by atoms with van der Waals surface area (Å²) in [6, 6.07) is 8.00. The average molecular weight is 285 g/mol. The normalized spacial score (nSPS) is 16.7. The van der Waals surface area contributed by atoms with Gasteiger partial charge in [0.2, 0.25) is 0 Å². The lowest BCUT2D eigenvalue weighted by Crippen LogP contribution is -2.48. The molecule has 0 bridgehead atoms. The molecule has 18 heavy (non-hydrogen) atoms. The van der Waals surface area contributed by atoms with Crippen molar-refractivity contribution < 1.29 is 4.74 Å². The summed E-state index contributed by atoms with van der Waals surface area (Å²) in [5.74, 6) is 0. The van der Waals surface area contributed by atoms with Crippen LogP contribution in [0.15, 0.2) is 24.3 Å². The third kappa shape index (κ3) is 3.34. The monoisotopic (exact) mass is 284 g/mol. The van der Waals surface area contributed by atoms with E-state index in [1.165, 1.54) is 5.56 Å². The van der Waals surface area contributed by atoms with E-state index in [1.807, 2.05) is 18.2 Å². The highest BCUT2D eigenvalue weighted by molar-refractivity contribution is 7.80. The van der Waals surface area contributed by atoms with Crippen LogP contribution >= 0.6 is 23.8 Å². The van der Waals surface area contributed by atoms with Crippen LogP contribution in [0.2, 0.25) is 5.02 Å². The van der Waals surface area contributed by atoms with Gasteiger partial charge in [0.05, 0.1) is 7.11 Å². The maximum Gasteiger partial charge on any atom is 0.259 e. The molecule has 5 heteroatoms. The number of halogens is 1. The molecule has 1 aromatic carbocycles. The van der Waals surface area contributed by atoms with Crippen molar-refractivity contribution in [2.75, 3.05) is 33.3 Å². The Balaban J connectivity index is 1.87. The number of methoxy groups -OCH3 is 1. The molecule has 0 unspecified atom stereocenters. The number of ether oxygens (including phenoxy) is 1. The van der Waals surface area contributed by atoms with Gasteiger partial charge < -0.3 is 9.64 Å². The molecule has 0 radical (unpaired) electrons. The maximum absolute atomic E-state index is 6.17. The highest BCUT2D eigenvalue weighted by Crippen LogP contribution is 2.17. The Morgan fingerprint density at radius 3 is 2.56 bits per heavy atom. The molecule has 1 aliphatic heterocycles. The maximum atomic E-state index is 6.17. The van der Waals surface area contributed by atoms with Crippen molar-refractivity contribution in [3.63, 3.8) is 0 Å². The Bertz CT molecular complexity index is 419. The van der Waals surface area contributed by atoms with Gasteiger partial charge in [-0.3, -0.25) is 4.90 Å². The molecule has 1 heterocycles. The summed E-state index contributed by atoms with van der Waals surface area (Å²) in [7, 11) is 1.62. The van der Waals surface area contributed by atoms with Crippen LogP contribution in [0.5, 0.6) is 0 Å². The lowest BCUT2D eigenvalue weighted by atomic mass is 10.2. The summed E-state index contributed by atoms with van der Waals surface area (Å²) in [4.78, 5) is 4.48. The van der Waals surface area contributed by atoms with Crippen molar-refractivity contribution in [1.82, 2.24) is 9.80 Å². The van der Waals surface area contributed by atoms with E-state index in [2.05, 4.69) is 15.9 Å². The summed E-state index contributed by atoms with van der Waals surface area (Å²) in [5.41, 5.74) is 1.18. The smallest absolute Gasteiger partial charge is 0.259 e. The number of thiocarbonyl (C=S) groups is 1. The number of nitrogens with zero attached hydrogens (tertiary/aromatic N) is 2. The van der Waals surface area contributed by atoms with Gasteiger partial charge in [-0.15, -0.1) is 0 Å². The summed E-state index contributed by atoms with van der Waals surface area (Å²) in [5, 5.41) is 1.43. The number of piperazine rings is 1. The Kier molecular flexibility index (Phi) is 4.80. The molecule has 2 rings (SSSR count). The van der Waals surface area contributed by atoms with Gasteiger partial charge in [0.1, 0.15) is 0 Å². The number of hydrogen-bond donors (Lipinski definition) is 0. The standard InChI is InChI=1S/C13H17ClN2OS/c1-17-13(18)16-8-6-15(7-9-16)10-11-4-2-3-5-12(11)14/h2-5H,6-10H2,1H3. The van der Waals surface area contributed by atoms with Crippen LogP contribution in [-0.2, 0) is 11.3 Å². The number of benzene rings is 1. The first-order chi connectivity index (χ1) is 8.70. The second-order valence-corrected chi connectivity index (χ2v) is 5.08. The Hall–Kier alpha value is -0.840. The van der Waals surface area contributed by atoms with Crippen molar-refractivity contribution >= 4 is 29.0 Å². The minimum absolute atomic E-state index is 0.590. The van der Waals surface area contributed by atoms with Gasteiger partial charge in [0.25, 0.3) is 5.17 Å². The second kappa shape index (κ2) is 6.36. The molecule has 0 aliphatic carbocycles. The summed E-state index contributed by atoms with van der Waals surface area (Å²) in [6.45, 7) is 4.69. The van der Waals surface area contributed by atoms with E-state index in [-0.39, 0.29) is 0 Å². The van der Waals surface area contributed by atoms with Crippen molar-refractivity contribution in [2.24, 2.45) is 0 Å². The predicted octanol–water partition coefficient (Wildman–Crippen LogP) is 2.39. The highest BCUT2D eigenvalue weighted by atomic mass is 35.5. The molecular weight excluding hydrogens is 268 g/mol. The fraction of sp³-hybridized carbons (Fsp3) is 0.462. The van der Waals surface area contributed by atoms with Crippen molar-refractivity contribution in [3.8, 4) is 0 Å².